The number of hydrogen-bond acceptors (Lipinski definition) is 1. The Morgan fingerprint density at radius 1 is 0.867 bits per heavy atom. The van der Waals surface area contributed by atoms with Crippen LogP contribution in [0, 0.1) is 0 Å². The maximum absolute atomic E-state index is 3.43. The highest BCUT2D eigenvalue weighted by Crippen LogP contribution is 2.24. The molecular weight excluding hydrogens is 268 g/mol. The van der Waals surface area contributed by atoms with Crippen molar-refractivity contribution in [3.05, 3.63) is 64.6 Å². The van der Waals surface area contributed by atoms with Crippen molar-refractivity contribution >= 4 is 27.7 Å². The minimum absolute atomic E-state index is 1.03. The molecule has 0 nitrogen and oxygen atoms in total. The Hall–Kier alpha value is -0.730. The summed E-state index contributed by atoms with van der Waals surface area (Å²) < 4.78 is 1.13. The highest BCUT2D eigenvalue weighted by atomic mass is 79.9. The fraction of sp³-hybridized carbons (Fsp3) is 0.0769. The average molecular weight is 279 g/mol. The molecule has 0 saturated heterocycles. The third-order valence-electron chi connectivity index (χ3n) is 2.06. The molecule has 0 aliphatic heterocycles. The predicted octanol–water partition coefficient (Wildman–Crippen LogP) is 4.74. The summed E-state index contributed by atoms with van der Waals surface area (Å²) in [6.45, 7) is 0. The van der Waals surface area contributed by atoms with Gasteiger partial charge >= 0.3 is 0 Å². The molecule has 0 radical (unpaired) electrons. The molecule has 2 aromatic rings. The van der Waals surface area contributed by atoms with Crippen LogP contribution in [0.1, 0.15) is 5.56 Å². The maximum Gasteiger partial charge on any atom is 0.0231 e. The molecule has 0 atom stereocenters. The number of thioether (sulfide) groups is 1. The molecule has 2 rings (SSSR count). The second-order valence-corrected chi connectivity index (χ2v) is 5.19. The molecule has 2 aromatic carbocycles. The molecule has 0 spiro atoms. The Balaban J connectivity index is 1.96. The van der Waals surface area contributed by atoms with Gasteiger partial charge < -0.3 is 0 Å². The van der Waals surface area contributed by atoms with Crippen molar-refractivity contribution in [2.75, 3.05) is 0 Å². The lowest BCUT2D eigenvalue weighted by atomic mass is 10.2. The van der Waals surface area contributed by atoms with Crippen molar-refractivity contribution in [1.82, 2.24) is 0 Å². The Bertz CT molecular complexity index is 408. The highest BCUT2D eigenvalue weighted by molar-refractivity contribution is 9.10. The second kappa shape index (κ2) is 5.38. The lowest BCUT2D eigenvalue weighted by molar-refractivity contribution is 1.38. The summed E-state index contributed by atoms with van der Waals surface area (Å²) in [5.74, 6) is 1.03. The molecule has 0 aliphatic rings. The van der Waals surface area contributed by atoms with E-state index in [1.54, 1.807) is 0 Å². The van der Waals surface area contributed by atoms with Crippen LogP contribution in [0.5, 0.6) is 0 Å². The quantitative estimate of drug-likeness (QED) is 0.731. The van der Waals surface area contributed by atoms with Gasteiger partial charge in [-0.2, -0.15) is 0 Å². The van der Waals surface area contributed by atoms with Crippen molar-refractivity contribution in [2.24, 2.45) is 0 Å². The first-order valence-electron chi connectivity index (χ1n) is 4.77. The van der Waals surface area contributed by atoms with E-state index < -0.39 is 0 Å². The predicted molar refractivity (Wildman–Crippen MR) is 70.1 cm³/mol. The summed E-state index contributed by atoms with van der Waals surface area (Å²) in [5.41, 5.74) is 1.37. The van der Waals surface area contributed by atoms with Gasteiger partial charge in [-0.3, -0.25) is 0 Å². The largest absolute Gasteiger partial charge is 0.121 e. The van der Waals surface area contributed by atoms with Crippen LogP contribution in [-0.4, -0.2) is 0 Å². The standard InChI is InChI=1S/C13H11BrS/c14-12-6-8-13(9-7-12)15-10-11-4-2-1-3-5-11/h1-9H,10H2. The smallest absolute Gasteiger partial charge is 0.0231 e. The van der Waals surface area contributed by atoms with Crippen LogP contribution < -0.4 is 0 Å². The number of benzene rings is 2. The van der Waals surface area contributed by atoms with E-state index in [-0.39, 0.29) is 0 Å². The van der Waals surface area contributed by atoms with E-state index in [0.717, 1.165) is 10.2 Å². The minimum Gasteiger partial charge on any atom is -0.121 e. The van der Waals surface area contributed by atoms with Crippen LogP contribution in [0.15, 0.2) is 64.0 Å². The SMILES string of the molecule is Brc1ccc(SCc2ccccc2)cc1. The molecule has 0 fully saturated rings. The van der Waals surface area contributed by atoms with E-state index in [1.807, 2.05) is 17.8 Å². The van der Waals surface area contributed by atoms with E-state index in [9.17, 15) is 0 Å². The first-order valence-corrected chi connectivity index (χ1v) is 6.55. The fourth-order valence-electron chi connectivity index (χ4n) is 1.27. The molecule has 0 aromatic heterocycles. The van der Waals surface area contributed by atoms with E-state index in [4.69, 9.17) is 0 Å². The molecule has 0 bridgehead atoms. The van der Waals surface area contributed by atoms with Crippen molar-refractivity contribution in [2.45, 2.75) is 10.6 Å². The lowest BCUT2D eigenvalue weighted by Crippen LogP contribution is -1.78. The van der Waals surface area contributed by atoms with Crippen LogP contribution in [0.25, 0.3) is 0 Å². The van der Waals surface area contributed by atoms with E-state index >= 15 is 0 Å². The van der Waals surface area contributed by atoms with Gasteiger partial charge in [0.1, 0.15) is 0 Å². The summed E-state index contributed by atoms with van der Waals surface area (Å²) in [6.07, 6.45) is 0. The maximum atomic E-state index is 3.43. The van der Waals surface area contributed by atoms with Gasteiger partial charge in [0, 0.05) is 15.1 Å². The van der Waals surface area contributed by atoms with Crippen molar-refractivity contribution in [1.29, 1.82) is 0 Å². The van der Waals surface area contributed by atoms with Crippen molar-refractivity contribution < 1.29 is 0 Å². The summed E-state index contributed by atoms with van der Waals surface area (Å²) in [4.78, 5) is 1.31. The second-order valence-electron chi connectivity index (χ2n) is 3.23. The van der Waals surface area contributed by atoms with Crippen LogP contribution in [0.4, 0.5) is 0 Å². The Labute approximate surface area is 103 Å². The number of rotatable bonds is 3. The van der Waals surface area contributed by atoms with Gasteiger partial charge in [0.25, 0.3) is 0 Å². The van der Waals surface area contributed by atoms with Crippen molar-refractivity contribution in [3.63, 3.8) is 0 Å². The minimum atomic E-state index is 1.03. The average Bonchev–Trinajstić information content (AvgIpc) is 2.30. The topological polar surface area (TPSA) is 0 Å². The zero-order valence-electron chi connectivity index (χ0n) is 8.19. The third kappa shape index (κ3) is 3.40. The van der Waals surface area contributed by atoms with Gasteiger partial charge in [0.2, 0.25) is 0 Å². The molecule has 0 N–H and O–H groups in total. The Morgan fingerprint density at radius 3 is 2.20 bits per heavy atom. The summed E-state index contributed by atoms with van der Waals surface area (Å²) in [6, 6.07) is 19.0. The zero-order chi connectivity index (χ0) is 10.5. The molecule has 0 unspecified atom stereocenters. The molecule has 76 valence electrons. The van der Waals surface area contributed by atoms with Crippen LogP contribution >= 0.6 is 27.7 Å². The molecule has 2 heteroatoms. The monoisotopic (exact) mass is 278 g/mol. The van der Waals surface area contributed by atoms with Gasteiger partial charge in [-0.05, 0) is 29.8 Å². The molecule has 15 heavy (non-hydrogen) atoms. The van der Waals surface area contributed by atoms with Crippen molar-refractivity contribution in [3.8, 4) is 0 Å². The van der Waals surface area contributed by atoms with Crippen LogP contribution in [-0.2, 0) is 5.75 Å². The molecule has 0 amide bonds. The Kier molecular flexibility index (Phi) is 3.87. The third-order valence-corrected chi connectivity index (χ3v) is 3.67. The van der Waals surface area contributed by atoms with E-state index in [0.29, 0.717) is 0 Å². The zero-order valence-corrected chi connectivity index (χ0v) is 10.6. The van der Waals surface area contributed by atoms with Gasteiger partial charge in [-0.25, -0.2) is 0 Å². The van der Waals surface area contributed by atoms with E-state index in [1.165, 1.54) is 10.5 Å². The molecule has 0 aliphatic carbocycles. The lowest BCUT2D eigenvalue weighted by Gasteiger charge is -2.01. The molecule has 0 saturated carbocycles. The summed E-state index contributed by atoms with van der Waals surface area (Å²) in [7, 11) is 0. The van der Waals surface area contributed by atoms with Crippen LogP contribution in [0.3, 0.4) is 0 Å². The molecule has 0 heterocycles. The van der Waals surface area contributed by atoms with Gasteiger partial charge in [-0.15, -0.1) is 11.8 Å². The first kappa shape index (κ1) is 10.8. The number of hydrogen-bond donors (Lipinski definition) is 0. The van der Waals surface area contributed by atoms with Gasteiger partial charge in [-0.1, -0.05) is 46.3 Å². The first-order chi connectivity index (χ1) is 7.34. The molecular formula is C13H11BrS. The van der Waals surface area contributed by atoms with Gasteiger partial charge in [0.15, 0.2) is 0 Å². The van der Waals surface area contributed by atoms with E-state index in [2.05, 4.69) is 64.5 Å². The summed E-state index contributed by atoms with van der Waals surface area (Å²) in [5, 5.41) is 0. The van der Waals surface area contributed by atoms with Gasteiger partial charge in [0.05, 0.1) is 0 Å². The Morgan fingerprint density at radius 2 is 1.53 bits per heavy atom. The normalized spacial score (nSPS) is 10.2. The fourth-order valence-corrected chi connectivity index (χ4v) is 2.39. The number of halogens is 1. The summed E-state index contributed by atoms with van der Waals surface area (Å²) >= 11 is 5.29. The highest BCUT2D eigenvalue weighted by Gasteiger charge is 1.95. The van der Waals surface area contributed by atoms with Crippen LogP contribution in [0.2, 0.25) is 0 Å².